The normalized spacial score (nSPS) is 18.7. The molecule has 1 atom stereocenters. The summed E-state index contributed by atoms with van der Waals surface area (Å²) in [4.78, 5) is 4.97. The van der Waals surface area contributed by atoms with Crippen molar-refractivity contribution < 1.29 is 0 Å². The van der Waals surface area contributed by atoms with Gasteiger partial charge < -0.3 is 15.5 Å². The van der Waals surface area contributed by atoms with Crippen LogP contribution >= 0.6 is 15.9 Å². The Morgan fingerprint density at radius 2 is 2.05 bits per heavy atom. The number of likely N-dealkylation sites (tertiary alicyclic amines) is 1. The van der Waals surface area contributed by atoms with E-state index in [2.05, 4.69) is 57.9 Å². The van der Waals surface area contributed by atoms with E-state index in [4.69, 9.17) is 5.73 Å². The highest BCUT2D eigenvalue weighted by molar-refractivity contribution is 9.10. The van der Waals surface area contributed by atoms with Crippen LogP contribution < -0.4 is 10.6 Å². The van der Waals surface area contributed by atoms with Gasteiger partial charge in [0.15, 0.2) is 0 Å². The number of nitrogens with two attached hydrogens (primary N) is 1. The van der Waals surface area contributed by atoms with E-state index in [0.717, 1.165) is 6.42 Å². The highest BCUT2D eigenvalue weighted by Gasteiger charge is 2.22. The van der Waals surface area contributed by atoms with E-state index in [9.17, 15) is 0 Å². The van der Waals surface area contributed by atoms with Crippen molar-refractivity contribution in [3.05, 3.63) is 28.2 Å². The second kappa shape index (κ2) is 7.61. The molecule has 0 aliphatic carbocycles. The van der Waals surface area contributed by atoms with Crippen LogP contribution in [0.15, 0.2) is 22.7 Å². The molecule has 0 bridgehead atoms. The van der Waals surface area contributed by atoms with Gasteiger partial charge in [-0.3, -0.25) is 0 Å². The molecule has 0 saturated carbocycles. The van der Waals surface area contributed by atoms with Crippen molar-refractivity contribution in [1.29, 1.82) is 0 Å². The molecule has 118 valence electrons. The van der Waals surface area contributed by atoms with Gasteiger partial charge in [-0.05, 0) is 50.4 Å². The summed E-state index contributed by atoms with van der Waals surface area (Å²) in [5.41, 5.74) is 8.49. The SMILES string of the molecule is CCN1CCC(N(C)c2ccc(CC(C)N)c(Br)c2)CC1. The molecule has 0 spiro atoms. The predicted octanol–water partition coefficient (Wildman–Crippen LogP) is 3.26. The van der Waals surface area contributed by atoms with E-state index in [1.54, 1.807) is 0 Å². The van der Waals surface area contributed by atoms with Gasteiger partial charge in [0.2, 0.25) is 0 Å². The Kier molecular flexibility index (Phi) is 6.08. The summed E-state index contributed by atoms with van der Waals surface area (Å²) in [6.45, 7) is 7.91. The molecule has 1 heterocycles. The predicted molar refractivity (Wildman–Crippen MR) is 95.0 cm³/mol. The molecule has 3 nitrogen and oxygen atoms in total. The molecule has 1 fully saturated rings. The van der Waals surface area contributed by atoms with Crippen LogP contribution in [-0.2, 0) is 6.42 Å². The van der Waals surface area contributed by atoms with Crippen LogP contribution in [0, 0.1) is 0 Å². The first kappa shape index (κ1) is 16.8. The summed E-state index contributed by atoms with van der Waals surface area (Å²) < 4.78 is 1.18. The molecule has 0 amide bonds. The number of piperidine rings is 1. The van der Waals surface area contributed by atoms with Gasteiger partial charge in [-0.2, -0.15) is 0 Å². The molecular formula is C17H28BrN3. The summed E-state index contributed by atoms with van der Waals surface area (Å²) >= 11 is 3.70. The summed E-state index contributed by atoms with van der Waals surface area (Å²) in [6.07, 6.45) is 3.42. The monoisotopic (exact) mass is 353 g/mol. The van der Waals surface area contributed by atoms with E-state index < -0.39 is 0 Å². The van der Waals surface area contributed by atoms with E-state index in [-0.39, 0.29) is 6.04 Å². The van der Waals surface area contributed by atoms with Crippen LogP contribution in [0.25, 0.3) is 0 Å². The highest BCUT2D eigenvalue weighted by atomic mass is 79.9. The van der Waals surface area contributed by atoms with Gasteiger partial charge >= 0.3 is 0 Å². The highest BCUT2D eigenvalue weighted by Crippen LogP contribution is 2.27. The summed E-state index contributed by atoms with van der Waals surface area (Å²) in [6, 6.07) is 7.53. The second-order valence-corrected chi connectivity index (χ2v) is 7.09. The molecule has 1 aromatic rings. The average Bonchev–Trinajstić information content (AvgIpc) is 2.48. The van der Waals surface area contributed by atoms with E-state index in [1.807, 2.05) is 6.92 Å². The molecule has 0 radical (unpaired) electrons. The molecule has 1 aliphatic rings. The first-order valence-electron chi connectivity index (χ1n) is 8.00. The lowest BCUT2D eigenvalue weighted by atomic mass is 10.0. The zero-order valence-corrected chi connectivity index (χ0v) is 15.1. The Hall–Kier alpha value is -0.580. The average molecular weight is 354 g/mol. The minimum atomic E-state index is 0.197. The van der Waals surface area contributed by atoms with Crippen LogP contribution in [0.1, 0.15) is 32.3 Å². The minimum absolute atomic E-state index is 0.197. The van der Waals surface area contributed by atoms with Crippen molar-refractivity contribution in [1.82, 2.24) is 4.90 Å². The lowest BCUT2D eigenvalue weighted by Crippen LogP contribution is -2.43. The van der Waals surface area contributed by atoms with Crippen molar-refractivity contribution in [3.8, 4) is 0 Å². The van der Waals surface area contributed by atoms with Crippen molar-refractivity contribution in [2.24, 2.45) is 5.73 Å². The number of nitrogens with zero attached hydrogens (tertiary/aromatic N) is 2. The van der Waals surface area contributed by atoms with Gasteiger partial charge in [0.05, 0.1) is 0 Å². The number of rotatable bonds is 5. The van der Waals surface area contributed by atoms with Crippen LogP contribution in [0.2, 0.25) is 0 Å². The van der Waals surface area contributed by atoms with Crippen molar-refractivity contribution in [3.63, 3.8) is 0 Å². The summed E-state index contributed by atoms with van der Waals surface area (Å²) in [7, 11) is 2.22. The number of hydrogen-bond donors (Lipinski definition) is 1. The molecule has 1 aliphatic heterocycles. The van der Waals surface area contributed by atoms with Gasteiger partial charge in [0.1, 0.15) is 0 Å². The zero-order chi connectivity index (χ0) is 15.4. The number of anilines is 1. The molecular weight excluding hydrogens is 326 g/mol. The lowest BCUT2D eigenvalue weighted by molar-refractivity contribution is 0.221. The molecule has 2 rings (SSSR count). The summed E-state index contributed by atoms with van der Waals surface area (Å²) in [5.74, 6) is 0. The first-order chi connectivity index (χ1) is 10.0. The van der Waals surface area contributed by atoms with E-state index in [0.29, 0.717) is 6.04 Å². The molecule has 0 aromatic heterocycles. The molecule has 1 unspecified atom stereocenters. The molecule has 1 aromatic carbocycles. The smallest absolute Gasteiger partial charge is 0.0377 e. The van der Waals surface area contributed by atoms with Gasteiger partial charge in [-0.1, -0.05) is 28.9 Å². The topological polar surface area (TPSA) is 32.5 Å². The van der Waals surface area contributed by atoms with Gasteiger partial charge in [-0.15, -0.1) is 0 Å². The Labute approximate surface area is 137 Å². The Bertz CT molecular complexity index is 453. The van der Waals surface area contributed by atoms with Crippen molar-refractivity contribution >= 4 is 21.6 Å². The maximum Gasteiger partial charge on any atom is 0.0377 e. The summed E-state index contributed by atoms with van der Waals surface area (Å²) in [5, 5.41) is 0. The Morgan fingerprint density at radius 1 is 1.38 bits per heavy atom. The van der Waals surface area contributed by atoms with E-state index >= 15 is 0 Å². The lowest BCUT2D eigenvalue weighted by Gasteiger charge is -2.37. The van der Waals surface area contributed by atoms with Crippen LogP contribution in [-0.4, -0.2) is 43.7 Å². The van der Waals surface area contributed by atoms with Crippen LogP contribution in [0.3, 0.4) is 0 Å². The van der Waals surface area contributed by atoms with Gasteiger partial charge in [-0.25, -0.2) is 0 Å². The third-order valence-corrected chi connectivity index (χ3v) is 5.28. The van der Waals surface area contributed by atoms with Crippen molar-refractivity contribution in [2.75, 3.05) is 31.6 Å². The maximum atomic E-state index is 5.90. The fraction of sp³-hybridized carbons (Fsp3) is 0.647. The Morgan fingerprint density at radius 3 is 2.57 bits per heavy atom. The van der Waals surface area contributed by atoms with Crippen molar-refractivity contribution in [2.45, 2.75) is 45.2 Å². The van der Waals surface area contributed by atoms with E-state index in [1.165, 1.54) is 48.2 Å². The minimum Gasteiger partial charge on any atom is -0.371 e. The third kappa shape index (κ3) is 4.44. The zero-order valence-electron chi connectivity index (χ0n) is 13.5. The van der Waals surface area contributed by atoms with Crippen LogP contribution in [0.4, 0.5) is 5.69 Å². The Balaban J connectivity index is 2.03. The van der Waals surface area contributed by atoms with Gasteiger partial charge in [0.25, 0.3) is 0 Å². The molecule has 21 heavy (non-hydrogen) atoms. The largest absolute Gasteiger partial charge is 0.371 e. The number of benzene rings is 1. The maximum absolute atomic E-state index is 5.90. The first-order valence-corrected chi connectivity index (χ1v) is 8.79. The fourth-order valence-electron chi connectivity index (χ4n) is 3.10. The van der Waals surface area contributed by atoms with Gasteiger partial charge in [0, 0.05) is 42.4 Å². The molecule has 2 N–H and O–H groups in total. The third-order valence-electron chi connectivity index (χ3n) is 4.54. The number of halogens is 1. The molecule has 1 saturated heterocycles. The number of hydrogen-bond acceptors (Lipinski definition) is 3. The quantitative estimate of drug-likeness (QED) is 0.881. The second-order valence-electron chi connectivity index (χ2n) is 6.23. The standard InChI is InChI=1S/C17H28BrN3/c1-4-21-9-7-15(8-10-21)20(3)16-6-5-14(11-13(2)19)17(18)12-16/h5-6,12-13,15H,4,7-11,19H2,1-3H3. The fourth-order valence-corrected chi connectivity index (χ4v) is 3.63. The molecule has 4 heteroatoms. The van der Waals surface area contributed by atoms with Crippen LogP contribution in [0.5, 0.6) is 0 Å².